The van der Waals surface area contributed by atoms with Crippen LogP contribution in [0.2, 0.25) is 0 Å². The van der Waals surface area contributed by atoms with E-state index in [2.05, 4.69) is 15.5 Å². The second kappa shape index (κ2) is 5.89. The van der Waals surface area contributed by atoms with Gasteiger partial charge in [0.2, 0.25) is 0 Å². The first-order chi connectivity index (χ1) is 8.18. The third-order valence-corrected chi connectivity index (χ3v) is 2.67. The first-order valence-electron chi connectivity index (χ1n) is 6.62. The third-order valence-electron chi connectivity index (χ3n) is 2.67. The molecule has 0 aromatic carbocycles. The van der Waals surface area contributed by atoms with Crippen LogP contribution in [0.15, 0.2) is 0 Å². The molecule has 0 atom stereocenters. The van der Waals surface area contributed by atoms with Gasteiger partial charge in [0.1, 0.15) is 5.60 Å². The molecule has 1 amide bonds. The van der Waals surface area contributed by atoms with E-state index in [0.29, 0.717) is 0 Å². The predicted molar refractivity (Wildman–Crippen MR) is 72.8 cm³/mol. The summed E-state index contributed by atoms with van der Waals surface area (Å²) in [5.74, 6) is 0. The minimum atomic E-state index is -0.449. The van der Waals surface area contributed by atoms with Gasteiger partial charge >= 0.3 is 6.09 Å². The van der Waals surface area contributed by atoms with Gasteiger partial charge in [-0.15, -0.1) is 0 Å². The number of ether oxygens (including phenoxy) is 1. The van der Waals surface area contributed by atoms with E-state index >= 15 is 0 Å². The minimum absolute atomic E-state index is 0.278. The normalized spacial score (nSPS) is 18.5. The van der Waals surface area contributed by atoms with Crippen molar-refractivity contribution in [3.8, 4) is 0 Å². The first kappa shape index (κ1) is 15.2. The summed E-state index contributed by atoms with van der Waals surface area (Å²) < 4.78 is 5.28. The number of hydrogen-bond acceptors (Lipinski definition) is 4. The highest BCUT2D eigenvalue weighted by Crippen LogP contribution is 2.11. The summed E-state index contributed by atoms with van der Waals surface area (Å²) in [5.41, 5.74) is -0.727. The Hall–Kier alpha value is -0.810. The Labute approximate surface area is 110 Å². The lowest BCUT2D eigenvalue weighted by molar-refractivity contribution is 0.0445. The van der Waals surface area contributed by atoms with Crippen LogP contribution < -0.4 is 10.6 Å². The van der Waals surface area contributed by atoms with Gasteiger partial charge in [-0.05, 0) is 34.6 Å². The largest absolute Gasteiger partial charge is 0.444 e. The number of rotatable bonds is 3. The Balaban J connectivity index is 2.40. The fraction of sp³-hybridized carbons (Fsp3) is 0.923. The molecular formula is C13H27N3O2. The van der Waals surface area contributed by atoms with Crippen molar-refractivity contribution in [3.63, 3.8) is 0 Å². The smallest absolute Gasteiger partial charge is 0.408 e. The summed E-state index contributed by atoms with van der Waals surface area (Å²) in [6.07, 6.45) is -0.345. The number of hydrogen-bond donors (Lipinski definition) is 2. The van der Waals surface area contributed by atoms with Crippen LogP contribution in [0, 0.1) is 0 Å². The lowest BCUT2D eigenvalue weighted by atomic mass is 10.0. The fourth-order valence-electron chi connectivity index (χ4n) is 2.05. The highest BCUT2D eigenvalue weighted by Gasteiger charge is 2.27. The van der Waals surface area contributed by atoms with E-state index < -0.39 is 5.60 Å². The van der Waals surface area contributed by atoms with Gasteiger partial charge in [-0.2, -0.15) is 0 Å². The Morgan fingerprint density at radius 1 is 1.22 bits per heavy atom. The number of carbonyl (C=O) groups is 1. The summed E-state index contributed by atoms with van der Waals surface area (Å²) in [6, 6.07) is 0. The lowest BCUT2D eigenvalue weighted by Gasteiger charge is -2.36. The van der Waals surface area contributed by atoms with Gasteiger partial charge in [0.15, 0.2) is 0 Å². The zero-order valence-corrected chi connectivity index (χ0v) is 12.3. The second-order valence-corrected chi connectivity index (χ2v) is 6.54. The monoisotopic (exact) mass is 257 g/mol. The molecule has 1 rings (SSSR count). The quantitative estimate of drug-likeness (QED) is 0.797. The topological polar surface area (TPSA) is 53.6 Å². The molecule has 0 radical (unpaired) electrons. The van der Waals surface area contributed by atoms with Crippen molar-refractivity contribution in [3.05, 3.63) is 0 Å². The van der Waals surface area contributed by atoms with Crippen molar-refractivity contribution in [1.29, 1.82) is 0 Å². The molecule has 1 fully saturated rings. The molecule has 0 spiro atoms. The van der Waals surface area contributed by atoms with Crippen LogP contribution in [0.5, 0.6) is 0 Å². The van der Waals surface area contributed by atoms with Gasteiger partial charge in [-0.1, -0.05) is 0 Å². The van der Waals surface area contributed by atoms with E-state index in [-0.39, 0.29) is 11.6 Å². The molecule has 1 saturated heterocycles. The predicted octanol–water partition coefficient (Wildman–Crippen LogP) is 1.19. The van der Waals surface area contributed by atoms with Crippen LogP contribution in [0.4, 0.5) is 4.79 Å². The van der Waals surface area contributed by atoms with E-state index in [1.807, 2.05) is 34.6 Å². The molecule has 1 aliphatic heterocycles. The average molecular weight is 257 g/mol. The maximum atomic E-state index is 11.8. The van der Waals surface area contributed by atoms with Gasteiger partial charge in [-0.3, -0.25) is 4.90 Å². The summed E-state index contributed by atoms with van der Waals surface area (Å²) in [6.45, 7) is 14.6. The third kappa shape index (κ3) is 6.21. The summed E-state index contributed by atoms with van der Waals surface area (Å²) >= 11 is 0. The number of carbonyl (C=O) groups excluding carboxylic acids is 1. The van der Waals surface area contributed by atoms with E-state index in [0.717, 1.165) is 32.7 Å². The van der Waals surface area contributed by atoms with Gasteiger partial charge in [-0.25, -0.2) is 4.79 Å². The minimum Gasteiger partial charge on any atom is -0.444 e. The van der Waals surface area contributed by atoms with E-state index in [1.165, 1.54) is 0 Å². The lowest BCUT2D eigenvalue weighted by Crippen LogP contribution is -2.55. The number of alkyl carbamates (subject to hydrolysis) is 1. The van der Waals surface area contributed by atoms with E-state index in [9.17, 15) is 4.79 Å². The van der Waals surface area contributed by atoms with Crippen LogP contribution in [-0.2, 0) is 4.74 Å². The zero-order valence-electron chi connectivity index (χ0n) is 12.3. The Morgan fingerprint density at radius 3 is 2.28 bits per heavy atom. The van der Waals surface area contributed by atoms with Crippen molar-refractivity contribution in [2.24, 2.45) is 0 Å². The summed E-state index contributed by atoms with van der Waals surface area (Å²) in [7, 11) is 0. The standard InChI is InChI=1S/C13H27N3O2/c1-12(2,3)18-11(17)15-13(4,5)10-16-8-6-14-7-9-16/h14H,6-10H2,1-5H3,(H,15,17). The number of nitrogens with one attached hydrogen (secondary N) is 2. The molecule has 5 heteroatoms. The molecule has 0 aliphatic carbocycles. The highest BCUT2D eigenvalue weighted by molar-refractivity contribution is 5.68. The van der Waals surface area contributed by atoms with Crippen LogP contribution in [0.1, 0.15) is 34.6 Å². The Bertz CT molecular complexity index is 278. The van der Waals surface area contributed by atoms with Crippen molar-refractivity contribution in [1.82, 2.24) is 15.5 Å². The molecule has 1 heterocycles. The number of piperazine rings is 1. The van der Waals surface area contributed by atoms with Crippen LogP contribution in [0.25, 0.3) is 0 Å². The average Bonchev–Trinajstić information content (AvgIpc) is 2.13. The van der Waals surface area contributed by atoms with Crippen LogP contribution in [0.3, 0.4) is 0 Å². The van der Waals surface area contributed by atoms with Crippen molar-refractivity contribution in [2.45, 2.75) is 45.8 Å². The van der Waals surface area contributed by atoms with Gasteiger partial charge in [0, 0.05) is 32.7 Å². The van der Waals surface area contributed by atoms with E-state index in [1.54, 1.807) is 0 Å². The number of nitrogens with zero attached hydrogens (tertiary/aromatic N) is 1. The highest BCUT2D eigenvalue weighted by atomic mass is 16.6. The molecule has 1 aliphatic rings. The maximum absolute atomic E-state index is 11.8. The maximum Gasteiger partial charge on any atom is 0.408 e. The second-order valence-electron chi connectivity index (χ2n) is 6.54. The van der Waals surface area contributed by atoms with E-state index in [4.69, 9.17) is 4.74 Å². The van der Waals surface area contributed by atoms with Gasteiger partial charge < -0.3 is 15.4 Å². The van der Waals surface area contributed by atoms with Gasteiger partial charge in [0.25, 0.3) is 0 Å². The molecule has 2 N–H and O–H groups in total. The molecule has 0 unspecified atom stereocenters. The molecule has 0 saturated carbocycles. The molecular weight excluding hydrogens is 230 g/mol. The first-order valence-corrected chi connectivity index (χ1v) is 6.62. The summed E-state index contributed by atoms with van der Waals surface area (Å²) in [4.78, 5) is 14.1. The van der Waals surface area contributed by atoms with Crippen LogP contribution in [-0.4, -0.2) is 54.9 Å². The molecule has 5 nitrogen and oxygen atoms in total. The Morgan fingerprint density at radius 2 is 1.78 bits per heavy atom. The SMILES string of the molecule is CC(C)(CN1CCNCC1)NC(=O)OC(C)(C)C. The van der Waals surface area contributed by atoms with Crippen molar-refractivity contribution < 1.29 is 9.53 Å². The molecule has 0 bridgehead atoms. The fourth-order valence-corrected chi connectivity index (χ4v) is 2.05. The zero-order chi connectivity index (χ0) is 13.8. The molecule has 106 valence electrons. The van der Waals surface area contributed by atoms with Crippen molar-refractivity contribution in [2.75, 3.05) is 32.7 Å². The molecule has 0 aromatic heterocycles. The molecule has 18 heavy (non-hydrogen) atoms. The van der Waals surface area contributed by atoms with Crippen LogP contribution >= 0.6 is 0 Å². The van der Waals surface area contributed by atoms with Gasteiger partial charge in [0.05, 0.1) is 5.54 Å². The number of amides is 1. The summed E-state index contributed by atoms with van der Waals surface area (Å²) in [5, 5.41) is 6.26. The van der Waals surface area contributed by atoms with Crippen molar-refractivity contribution >= 4 is 6.09 Å². The Kier molecular flexibility index (Phi) is 4.99. The molecule has 0 aromatic rings.